The van der Waals surface area contributed by atoms with E-state index in [4.69, 9.17) is 0 Å². The number of likely N-dealkylation sites (tertiary alicyclic amines) is 1. The highest BCUT2D eigenvalue weighted by Crippen LogP contribution is 2.21. The Morgan fingerprint density at radius 1 is 1.03 bits per heavy atom. The van der Waals surface area contributed by atoms with Crippen LogP contribution in [0, 0.1) is 11.7 Å². The molecule has 1 unspecified atom stereocenters. The summed E-state index contributed by atoms with van der Waals surface area (Å²) >= 11 is 0. The third kappa shape index (κ3) is 5.38. The van der Waals surface area contributed by atoms with Gasteiger partial charge in [0.15, 0.2) is 0 Å². The van der Waals surface area contributed by atoms with Gasteiger partial charge in [-0.15, -0.1) is 0 Å². The fraction of sp³-hybridized carbons (Fsp3) is 0.464. The number of hydrogen-bond acceptors (Lipinski definition) is 5. The van der Waals surface area contributed by atoms with Crippen molar-refractivity contribution in [3.63, 3.8) is 0 Å². The van der Waals surface area contributed by atoms with E-state index in [2.05, 4.69) is 17.0 Å². The summed E-state index contributed by atoms with van der Waals surface area (Å²) in [6.45, 7) is 4.80. The Bertz CT molecular complexity index is 1420. The number of β-amino-alcohol motifs (C(OH)–C–C–N with tert-alkyl or cyclic N) is 1. The molecule has 0 saturated carbocycles. The van der Waals surface area contributed by atoms with Crippen molar-refractivity contribution in [3.05, 3.63) is 80.2 Å². The van der Waals surface area contributed by atoms with Crippen LogP contribution in [0.3, 0.4) is 0 Å². The number of rotatable bonds is 6. The van der Waals surface area contributed by atoms with Crippen LogP contribution in [0.15, 0.2) is 52.1 Å². The lowest BCUT2D eigenvalue weighted by Gasteiger charge is -2.32. The molecule has 2 aliphatic heterocycles. The Morgan fingerprint density at radius 3 is 2.49 bits per heavy atom. The molecule has 2 aliphatic rings. The molecule has 1 amide bonds. The van der Waals surface area contributed by atoms with Gasteiger partial charge in [0.2, 0.25) is 5.91 Å². The molecule has 0 spiro atoms. The van der Waals surface area contributed by atoms with Crippen LogP contribution in [0.1, 0.15) is 30.9 Å². The topological polar surface area (TPSA) is 87.8 Å². The number of aromatic nitrogens is 2. The lowest BCUT2D eigenvalue weighted by Crippen LogP contribution is -2.46. The second-order valence-electron chi connectivity index (χ2n) is 10.3. The second kappa shape index (κ2) is 10.6. The van der Waals surface area contributed by atoms with Gasteiger partial charge in [0.25, 0.3) is 5.56 Å². The molecule has 0 radical (unpaired) electrons. The third-order valence-corrected chi connectivity index (χ3v) is 7.76. The second-order valence-corrected chi connectivity index (χ2v) is 10.3. The molecular weight excluding hydrogens is 475 g/mol. The van der Waals surface area contributed by atoms with Crippen molar-refractivity contribution in [1.82, 2.24) is 18.9 Å². The first-order valence-electron chi connectivity index (χ1n) is 13.0. The van der Waals surface area contributed by atoms with Crippen molar-refractivity contribution in [1.29, 1.82) is 0 Å². The maximum Gasteiger partial charge on any atom is 0.331 e. The van der Waals surface area contributed by atoms with Gasteiger partial charge in [-0.2, -0.15) is 0 Å². The predicted octanol–water partition coefficient (Wildman–Crippen LogP) is 1.98. The number of halogens is 1. The summed E-state index contributed by atoms with van der Waals surface area (Å²) in [6, 6.07) is 12.1. The Morgan fingerprint density at radius 2 is 1.76 bits per heavy atom. The summed E-state index contributed by atoms with van der Waals surface area (Å²) in [5.41, 5.74) is 1.74. The normalized spacial score (nSPS) is 17.6. The smallest absolute Gasteiger partial charge is 0.331 e. The van der Waals surface area contributed by atoms with Gasteiger partial charge in [0, 0.05) is 46.2 Å². The number of fused-ring (bicyclic) bond motifs is 2. The lowest BCUT2D eigenvalue weighted by atomic mass is 9.96. The summed E-state index contributed by atoms with van der Waals surface area (Å²) in [6.07, 6.45) is 1.42. The summed E-state index contributed by atoms with van der Waals surface area (Å²) in [7, 11) is 0. The number of amides is 1. The van der Waals surface area contributed by atoms with Crippen molar-refractivity contribution in [2.75, 3.05) is 26.2 Å². The maximum absolute atomic E-state index is 14.2. The number of nitrogens with zero attached hydrogens (tertiary/aromatic N) is 4. The Hall–Kier alpha value is -3.30. The largest absolute Gasteiger partial charge is 0.390 e. The molecule has 8 nitrogen and oxygen atoms in total. The fourth-order valence-corrected chi connectivity index (χ4v) is 5.69. The predicted molar refractivity (Wildman–Crippen MR) is 139 cm³/mol. The van der Waals surface area contributed by atoms with Crippen LogP contribution in [0.4, 0.5) is 4.39 Å². The number of carbonyl (C=O) groups excluding carboxylic acids is 1. The Labute approximate surface area is 214 Å². The summed E-state index contributed by atoms with van der Waals surface area (Å²) in [5, 5.41) is 11.2. The van der Waals surface area contributed by atoms with Crippen LogP contribution in [0.5, 0.6) is 0 Å². The first-order valence-corrected chi connectivity index (χ1v) is 13.0. The maximum atomic E-state index is 14.2. The Kier molecular flexibility index (Phi) is 7.26. The Balaban J connectivity index is 1.39. The zero-order valence-corrected chi connectivity index (χ0v) is 21.1. The first kappa shape index (κ1) is 25.4. The van der Waals surface area contributed by atoms with E-state index < -0.39 is 23.2 Å². The van der Waals surface area contributed by atoms with E-state index in [1.165, 1.54) is 33.9 Å². The highest BCUT2D eigenvalue weighted by atomic mass is 19.1. The minimum Gasteiger partial charge on any atom is -0.390 e. The molecule has 196 valence electrons. The minimum absolute atomic E-state index is 0.0304. The van der Waals surface area contributed by atoms with E-state index in [9.17, 15) is 23.9 Å². The van der Waals surface area contributed by atoms with Crippen molar-refractivity contribution >= 4 is 16.8 Å². The molecule has 5 rings (SSSR count). The van der Waals surface area contributed by atoms with E-state index in [1.54, 1.807) is 11.8 Å². The zero-order chi connectivity index (χ0) is 26.1. The molecule has 2 aromatic carbocycles. The molecule has 0 aliphatic carbocycles. The molecule has 1 saturated heterocycles. The number of aliphatic hydroxyl groups is 1. The lowest BCUT2D eigenvalue weighted by molar-refractivity contribution is -0.130. The fourth-order valence-electron chi connectivity index (χ4n) is 5.69. The number of benzene rings is 2. The zero-order valence-electron chi connectivity index (χ0n) is 21.1. The van der Waals surface area contributed by atoms with Crippen LogP contribution in [-0.2, 0) is 30.8 Å². The van der Waals surface area contributed by atoms with Crippen molar-refractivity contribution in [3.8, 4) is 0 Å². The van der Waals surface area contributed by atoms with Gasteiger partial charge < -0.3 is 10.0 Å². The van der Waals surface area contributed by atoms with Gasteiger partial charge in [-0.3, -0.25) is 23.6 Å². The first-order chi connectivity index (χ1) is 17.8. The molecule has 3 heterocycles. The molecule has 1 aromatic heterocycles. The average molecular weight is 509 g/mol. The van der Waals surface area contributed by atoms with Gasteiger partial charge in [0.05, 0.1) is 23.6 Å². The van der Waals surface area contributed by atoms with Gasteiger partial charge in [-0.05, 0) is 54.5 Å². The molecule has 37 heavy (non-hydrogen) atoms. The molecule has 1 N–H and O–H groups in total. The van der Waals surface area contributed by atoms with Crippen LogP contribution < -0.4 is 11.2 Å². The van der Waals surface area contributed by atoms with E-state index in [0.29, 0.717) is 32.7 Å². The van der Waals surface area contributed by atoms with E-state index in [0.717, 1.165) is 30.4 Å². The summed E-state index contributed by atoms with van der Waals surface area (Å²) < 4.78 is 16.7. The molecular formula is C28H33FN4O4. The number of piperidine rings is 1. The van der Waals surface area contributed by atoms with Crippen molar-refractivity contribution < 1.29 is 14.3 Å². The monoisotopic (exact) mass is 508 g/mol. The van der Waals surface area contributed by atoms with Crippen molar-refractivity contribution in [2.45, 2.75) is 51.9 Å². The molecule has 3 aromatic rings. The molecule has 1 fully saturated rings. The van der Waals surface area contributed by atoms with Crippen molar-refractivity contribution in [2.24, 2.45) is 5.92 Å². The van der Waals surface area contributed by atoms with E-state index >= 15 is 0 Å². The third-order valence-electron chi connectivity index (χ3n) is 7.76. The van der Waals surface area contributed by atoms with Gasteiger partial charge in [0.1, 0.15) is 5.82 Å². The highest BCUT2D eigenvalue weighted by molar-refractivity contribution is 5.78. The number of aliphatic hydroxyl groups excluding tert-OH is 1. The molecule has 1 atom stereocenters. The minimum atomic E-state index is -0.916. The van der Waals surface area contributed by atoms with Gasteiger partial charge in [-0.1, -0.05) is 24.3 Å². The van der Waals surface area contributed by atoms with E-state index in [-0.39, 0.29) is 29.3 Å². The van der Waals surface area contributed by atoms with Gasteiger partial charge >= 0.3 is 5.69 Å². The average Bonchev–Trinajstić information content (AvgIpc) is 2.89. The summed E-state index contributed by atoms with van der Waals surface area (Å²) in [5.74, 6) is -0.374. The SMILES string of the molecule is CC(=O)N1CCC(Cn2c(=O)n(CC(O)CN3CCc4ccccc4C3)c(=O)c3ccc(F)cc32)CC1. The molecule has 9 heteroatoms. The van der Waals surface area contributed by atoms with Crippen LogP contribution in [0.25, 0.3) is 10.9 Å². The van der Waals surface area contributed by atoms with E-state index in [1.807, 2.05) is 12.1 Å². The standard InChI is InChI=1S/C28H33FN4O4/c1-19(34)31-12-8-20(9-13-31)15-32-26-14-23(29)6-7-25(26)27(36)33(28(32)37)18-24(35)17-30-11-10-21-4-2-3-5-22(21)16-30/h2-7,14,20,24,35H,8-13,15-18H2,1H3. The molecule has 0 bridgehead atoms. The number of carbonyl (C=O) groups is 1. The number of hydrogen-bond donors (Lipinski definition) is 1. The van der Waals surface area contributed by atoms with Crippen LogP contribution in [0.2, 0.25) is 0 Å². The quantitative estimate of drug-likeness (QED) is 0.550. The van der Waals surface area contributed by atoms with Gasteiger partial charge in [-0.25, -0.2) is 9.18 Å². The summed E-state index contributed by atoms with van der Waals surface area (Å²) in [4.78, 5) is 42.4. The highest BCUT2D eigenvalue weighted by Gasteiger charge is 2.25. The van der Waals surface area contributed by atoms with Crippen LogP contribution in [-0.4, -0.2) is 62.2 Å². The van der Waals surface area contributed by atoms with Crippen LogP contribution >= 0.6 is 0 Å².